The van der Waals surface area contributed by atoms with E-state index in [1.165, 1.54) is 6.07 Å². The van der Waals surface area contributed by atoms with Gasteiger partial charge in [-0.3, -0.25) is 0 Å². The summed E-state index contributed by atoms with van der Waals surface area (Å²) >= 11 is 23.8. The van der Waals surface area contributed by atoms with Crippen LogP contribution in [0, 0.1) is 0 Å². The molecule has 0 saturated carbocycles. The Morgan fingerprint density at radius 1 is 0.842 bits per heavy atom. The molecule has 2 N–H and O–H groups in total. The van der Waals surface area contributed by atoms with Gasteiger partial charge in [-0.2, -0.15) is 0 Å². The molecule has 0 saturated heterocycles. The molecule has 0 heterocycles. The van der Waals surface area contributed by atoms with Gasteiger partial charge >= 0.3 is 0 Å². The lowest BCUT2D eigenvalue weighted by Gasteiger charge is -2.11. The Hall–Kier alpha value is -0.800. The quantitative estimate of drug-likeness (QED) is 0.596. The zero-order valence-corrected chi connectivity index (χ0v) is 12.6. The van der Waals surface area contributed by atoms with Crippen LogP contribution in [0.15, 0.2) is 30.3 Å². The van der Waals surface area contributed by atoms with E-state index in [9.17, 15) is 0 Å². The molecule has 2 aromatic carbocycles. The Morgan fingerprint density at radius 2 is 1.53 bits per heavy atom. The summed E-state index contributed by atoms with van der Waals surface area (Å²) in [7, 11) is 0. The molecule has 2 rings (SSSR count). The minimum atomic E-state index is 0.238. The third kappa shape index (κ3) is 3.61. The zero-order valence-electron chi connectivity index (χ0n) is 9.59. The SMILES string of the molecule is Nc1ccc(Cl)c(COc2cc(Cl)c(Cl)cc2Cl)c1. The molecule has 0 bridgehead atoms. The first-order valence-corrected chi connectivity index (χ1v) is 6.80. The first-order chi connectivity index (χ1) is 8.97. The van der Waals surface area contributed by atoms with Gasteiger partial charge in [0.2, 0.25) is 0 Å². The van der Waals surface area contributed by atoms with Gasteiger partial charge in [0.15, 0.2) is 0 Å². The summed E-state index contributed by atoms with van der Waals surface area (Å²) in [5, 5.41) is 1.71. The van der Waals surface area contributed by atoms with E-state index in [2.05, 4.69) is 0 Å². The van der Waals surface area contributed by atoms with Gasteiger partial charge in [-0.15, -0.1) is 0 Å². The molecule has 0 spiro atoms. The number of benzene rings is 2. The summed E-state index contributed by atoms with van der Waals surface area (Å²) in [6.07, 6.45) is 0. The summed E-state index contributed by atoms with van der Waals surface area (Å²) in [5.41, 5.74) is 7.07. The fraction of sp³-hybridized carbons (Fsp3) is 0.0769. The van der Waals surface area contributed by atoms with Crippen molar-refractivity contribution in [2.45, 2.75) is 6.61 Å². The molecule has 2 aromatic rings. The third-order valence-electron chi connectivity index (χ3n) is 2.43. The van der Waals surface area contributed by atoms with Crippen molar-refractivity contribution in [2.24, 2.45) is 0 Å². The van der Waals surface area contributed by atoms with Gasteiger partial charge in [-0.25, -0.2) is 0 Å². The highest BCUT2D eigenvalue weighted by molar-refractivity contribution is 6.43. The van der Waals surface area contributed by atoms with Gasteiger partial charge in [0.1, 0.15) is 12.4 Å². The van der Waals surface area contributed by atoms with E-state index < -0.39 is 0 Å². The number of rotatable bonds is 3. The van der Waals surface area contributed by atoms with E-state index in [0.29, 0.717) is 31.5 Å². The molecule has 100 valence electrons. The molecule has 0 aliphatic carbocycles. The van der Waals surface area contributed by atoms with Crippen molar-refractivity contribution in [1.29, 1.82) is 0 Å². The molecular formula is C13H9Cl4NO. The molecule has 0 unspecified atom stereocenters. The van der Waals surface area contributed by atoms with Crippen LogP contribution in [-0.2, 0) is 6.61 Å². The maximum atomic E-state index is 6.04. The van der Waals surface area contributed by atoms with Crippen LogP contribution in [0.3, 0.4) is 0 Å². The summed E-state index contributed by atoms with van der Waals surface area (Å²) in [4.78, 5) is 0. The fourth-order valence-electron chi connectivity index (χ4n) is 1.48. The number of nitrogen functional groups attached to an aromatic ring is 1. The number of halogens is 4. The Bertz CT molecular complexity index is 616. The minimum absolute atomic E-state index is 0.238. The van der Waals surface area contributed by atoms with Crippen LogP contribution in [0.4, 0.5) is 5.69 Å². The van der Waals surface area contributed by atoms with Crippen LogP contribution in [0.2, 0.25) is 20.1 Å². The number of nitrogens with two attached hydrogens (primary N) is 1. The zero-order chi connectivity index (χ0) is 14.0. The van der Waals surface area contributed by atoms with E-state index in [-0.39, 0.29) is 6.61 Å². The van der Waals surface area contributed by atoms with E-state index in [4.69, 9.17) is 56.9 Å². The van der Waals surface area contributed by atoms with Crippen molar-refractivity contribution in [3.8, 4) is 5.75 Å². The molecule has 0 fully saturated rings. The number of anilines is 1. The molecule has 0 aliphatic heterocycles. The lowest BCUT2D eigenvalue weighted by atomic mass is 10.2. The predicted octanol–water partition coefficient (Wildman–Crippen LogP) is 5.46. The lowest BCUT2D eigenvalue weighted by molar-refractivity contribution is 0.306. The molecule has 19 heavy (non-hydrogen) atoms. The Kier molecular flexibility index (Phi) is 4.69. The largest absolute Gasteiger partial charge is 0.487 e. The average molecular weight is 337 g/mol. The second kappa shape index (κ2) is 6.10. The minimum Gasteiger partial charge on any atom is -0.487 e. The number of hydrogen-bond donors (Lipinski definition) is 1. The van der Waals surface area contributed by atoms with Gasteiger partial charge in [-0.1, -0.05) is 46.4 Å². The maximum Gasteiger partial charge on any atom is 0.139 e. The van der Waals surface area contributed by atoms with Crippen LogP contribution < -0.4 is 10.5 Å². The van der Waals surface area contributed by atoms with Crippen molar-refractivity contribution in [2.75, 3.05) is 5.73 Å². The Labute approximate surface area is 131 Å². The topological polar surface area (TPSA) is 35.2 Å². The highest BCUT2D eigenvalue weighted by Gasteiger charge is 2.08. The second-order valence-corrected chi connectivity index (χ2v) is 5.47. The van der Waals surface area contributed by atoms with Gasteiger partial charge < -0.3 is 10.5 Å². The van der Waals surface area contributed by atoms with Crippen LogP contribution in [0.5, 0.6) is 5.75 Å². The Balaban J connectivity index is 2.19. The molecule has 0 aromatic heterocycles. The normalized spacial score (nSPS) is 10.5. The summed E-state index contributed by atoms with van der Waals surface area (Å²) in [6.45, 7) is 0.238. The number of ether oxygens (including phenoxy) is 1. The van der Waals surface area contributed by atoms with Crippen molar-refractivity contribution in [1.82, 2.24) is 0 Å². The average Bonchev–Trinajstić information content (AvgIpc) is 2.36. The molecule has 0 atom stereocenters. The van der Waals surface area contributed by atoms with Crippen LogP contribution in [0.25, 0.3) is 0 Å². The van der Waals surface area contributed by atoms with Gasteiger partial charge in [0, 0.05) is 22.3 Å². The van der Waals surface area contributed by atoms with E-state index >= 15 is 0 Å². The summed E-state index contributed by atoms with van der Waals surface area (Å²) in [6, 6.07) is 8.27. The van der Waals surface area contributed by atoms with Gasteiger partial charge in [0.05, 0.1) is 15.1 Å². The number of hydrogen-bond acceptors (Lipinski definition) is 2. The maximum absolute atomic E-state index is 6.04. The van der Waals surface area contributed by atoms with Crippen molar-refractivity contribution < 1.29 is 4.74 Å². The van der Waals surface area contributed by atoms with Gasteiger partial charge in [0.25, 0.3) is 0 Å². The van der Waals surface area contributed by atoms with E-state index in [0.717, 1.165) is 5.56 Å². The van der Waals surface area contributed by atoms with Crippen LogP contribution >= 0.6 is 46.4 Å². The Morgan fingerprint density at radius 3 is 2.26 bits per heavy atom. The highest BCUT2D eigenvalue weighted by Crippen LogP contribution is 2.34. The van der Waals surface area contributed by atoms with E-state index in [1.807, 2.05) is 0 Å². The van der Waals surface area contributed by atoms with Crippen molar-refractivity contribution in [3.63, 3.8) is 0 Å². The summed E-state index contributed by atoms with van der Waals surface area (Å²) in [5.74, 6) is 0.439. The molecule has 0 aliphatic rings. The monoisotopic (exact) mass is 335 g/mol. The molecule has 0 amide bonds. The van der Waals surface area contributed by atoms with Crippen molar-refractivity contribution >= 4 is 52.1 Å². The molecule has 0 radical (unpaired) electrons. The second-order valence-electron chi connectivity index (χ2n) is 3.84. The predicted molar refractivity (Wildman–Crippen MR) is 81.7 cm³/mol. The molecule has 2 nitrogen and oxygen atoms in total. The van der Waals surface area contributed by atoms with Gasteiger partial charge in [-0.05, 0) is 24.3 Å². The first kappa shape index (κ1) is 14.6. The standard InChI is InChI=1S/C13H9Cl4NO/c14-9-2-1-8(18)3-7(9)6-19-13-5-11(16)10(15)4-12(13)17/h1-5H,6,18H2. The van der Waals surface area contributed by atoms with E-state index in [1.54, 1.807) is 24.3 Å². The molecule has 6 heteroatoms. The first-order valence-electron chi connectivity index (χ1n) is 5.28. The fourth-order valence-corrected chi connectivity index (χ4v) is 2.24. The highest BCUT2D eigenvalue weighted by atomic mass is 35.5. The van der Waals surface area contributed by atoms with Crippen molar-refractivity contribution in [3.05, 3.63) is 56.0 Å². The van der Waals surface area contributed by atoms with Crippen LogP contribution in [-0.4, -0.2) is 0 Å². The smallest absolute Gasteiger partial charge is 0.139 e. The molecular weight excluding hydrogens is 328 g/mol. The lowest BCUT2D eigenvalue weighted by Crippen LogP contribution is -1.98. The summed E-state index contributed by atoms with van der Waals surface area (Å²) < 4.78 is 5.58. The third-order valence-corrected chi connectivity index (χ3v) is 3.81. The van der Waals surface area contributed by atoms with Crippen LogP contribution in [0.1, 0.15) is 5.56 Å².